The molecule has 0 aliphatic carbocycles. The summed E-state index contributed by atoms with van der Waals surface area (Å²) in [6.07, 6.45) is 2.05. The molecule has 1 aromatic carbocycles. The van der Waals surface area contributed by atoms with Gasteiger partial charge in [0.15, 0.2) is 0 Å². The van der Waals surface area contributed by atoms with Gasteiger partial charge in [0.2, 0.25) is 11.7 Å². The molecule has 19 heavy (non-hydrogen) atoms. The smallest absolute Gasteiger partial charge is 0.270 e. The van der Waals surface area contributed by atoms with Gasteiger partial charge in [-0.25, -0.2) is 0 Å². The SMILES string of the molecule is O=[N+]([O-])c1cccc(-c2noc([C@@H]3CCCN3)n2)c1. The molecule has 2 heterocycles. The standard InChI is InChI=1S/C12H12N4O3/c17-16(18)9-4-1-3-8(7-9)11-14-12(19-15-11)10-5-2-6-13-10/h1,3-4,7,10,13H,2,5-6H2/t10-/m0/s1. The molecule has 1 aliphatic rings. The van der Waals surface area contributed by atoms with E-state index >= 15 is 0 Å². The molecule has 0 bridgehead atoms. The highest BCUT2D eigenvalue weighted by Gasteiger charge is 2.23. The van der Waals surface area contributed by atoms with E-state index in [0.29, 0.717) is 17.3 Å². The second-order valence-electron chi connectivity index (χ2n) is 4.41. The molecule has 0 saturated carbocycles. The number of nitro groups is 1. The number of hydrogen-bond donors (Lipinski definition) is 1. The van der Waals surface area contributed by atoms with Crippen LogP contribution in [0.5, 0.6) is 0 Å². The van der Waals surface area contributed by atoms with Gasteiger partial charge in [0.25, 0.3) is 5.69 Å². The molecule has 1 atom stereocenters. The average Bonchev–Trinajstić information content (AvgIpc) is 3.09. The first-order valence-corrected chi connectivity index (χ1v) is 6.06. The molecule has 1 aromatic heterocycles. The van der Waals surface area contributed by atoms with Gasteiger partial charge in [-0.05, 0) is 19.4 Å². The van der Waals surface area contributed by atoms with Crippen LogP contribution in [-0.4, -0.2) is 21.6 Å². The van der Waals surface area contributed by atoms with Gasteiger partial charge in [0.05, 0.1) is 11.0 Å². The van der Waals surface area contributed by atoms with Crippen molar-refractivity contribution in [2.45, 2.75) is 18.9 Å². The lowest BCUT2D eigenvalue weighted by Crippen LogP contribution is -2.12. The topological polar surface area (TPSA) is 94.1 Å². The minimum absolute atomic E-state index is 0.0165. The van der Waals surface area contributed by atoms with Crippen molar-refractivity contribution < 1.29 is 9.45 Å². The Morgan fingerprint density at radius 1 is 1.47 bits per heavy atom. The van der Waals surface area contributed by atoms with E-state index in [1.165, 1.54) is 12.1 Å². The largest absolute Gasteiger partial charge is 0.337 e. The summed E-state index contributed by atoms with van der Waals surface area (Å²) in [6.45, 7) is 0.944. The lowest BCUT2D eigenvalue weighted by atomic mass is 10.2. The van der Waals surface area contributed by atoms with E-state index in [9.17, 15) is 10.1 Å². The first kappa shape index (κ1) is 11.8. The summed E-state index contributed by atoms with van der Waals surface area (Å²) >= 11 is 0. The van der Waals surface area contributed by atoms with Crippen molar-refractivity contribution in [1.29, 1.82) is 0 Å². The number of non-ortho nitro benzene ring substituents is 1. The van der Waals surface area contributed by atoms with Crippen LogP contribution in [-0.2, 0) is 0 Å². The molecule has 0 amide bonds. The van der Waals surface area contributed by atoms with Crippen molar-refractivity contribution in [3.8, 4) is 11.4 Å². The van der Waals surface area contributed by atoms with Crippen molar-refractivity contribution in [3.05, 3.63) is 40.3 Å². The lowest BCUT2D eigenvalue weighted by molar-refractivity contribution is -0.384. The molecule has 2 aromatic rings. The normalized spacial score (nSPS) is 18.6. The highest BCUT2D eigenvalue weighted by atomic mass is 16.6. The van der Waals surface area contributed by atoms with E-state index < -0.39 is 4.92 Å². The van der Waals surface area contributed by atoms with Crippen molar-refractivity contribution >= 4 is 5.69 Å². The zero-order valence-corrected chi connectivity index (χ0v) is 10.1. The number of benzene rings is 1. The first-order valence-electron chi connectivity index (χ1n) is 6.06. The van der Waals surface area contributed by atoms with Crippen LogP contribution < -0.4 is 5.32 Å². The number of rotatable bonds is 3. The molecule has 0 unspecified atom stereocenters. The monoisotopic (exact) mass is 260 g/mol. The Kier molecular flexibility index (Phi) is 2.96. The molecular weight excluding hydrogens is 248 g/mol. The van der Waals surface area contributed by atoms with Crippen LogP contribution in [0.1, 0.15) is 24.8 Å². The molecule has 1 saturated heterocycles. The highest BCUT2D eigenvalue weighted by molar-refractivity contribution is 5.58. The summed E-state index contributed by atoms with van der Waals surface area (Å²) in [5.41, 5.74) is 0.602. The molecule has 98 valence electrons. The third-order valence-corrected chi connectivity index (χ3v) is 3.12. The van der Waals surface area contributed by atoms with E-state index in [-0.39, 0.29) is 11.7 Å². The van der Waals surface area contributed by atoms with E-state index in [0.717, 1.165) is 19.4 Å². The fourth-order valence-electron chi connectivity index (χ4n) is 2.15. The second kappa shape index (κ2) is 4.77. The summed E-state index contributed by atoms with van der Waals surface area (Å²) in [4.78, 5) is 14.6. The minimum Gasteiger partial charge on any atom is -0.337 e. The van der Waals surface area contributed by atoms with Crippen LogP contribution >= 0.6 is 0 Å². The van der Waals surface area contributed by atoms with Crippen molar-refractivity contribution in [1.82, 2.24) is 15.5 Å². The molecule has 1 aliphatic heterocycles. The molecular formula is C12H12N4O3. The van der Waals surface area contributed by atoms with E-state index in [4.69, 9.17) is 4.52 Å². The highest BCUT2D eigenvalue weighted by Crippen LogP contribution is 2.25. The lowest BCUT2D eigenvalue weighted by Gasteiger charge is -2.01. The van der Waals surface area contributed by atoms with Gasteiger partial charge >= 0.3 is 0 Å². The maximum Gasteiger partial charge on any atom is 0.270 e. The number of nitro benzene ring substituents is 1. The first-order chi connectivity index (χ1) is 9.24. The summed E-state index contributed by atoms with van der Waals surface area (Å²) in [7, 11) is 0. The Labute approximate surface area is 108 Å². The third kappa shape index (κ3) is 2.32. The quantitative estimate of drug-likeness (QED) is 0.670. The van der Waals surface area contributed by atoms with Crippen molar-refractivity contribution in [2.75, 3.05) is 6.54 Å². The number of aromatic nitrogens is 2. The maximum atomic E-state index is 10.7. The van der Waals surface area contributed by atoms with Crippen LogP contribution in [0.25, 0.3) is 11.4 Å². The number of nitrogens with zero attached hydrogens (tertiary/aromatic N) is 3. The Bertz CT molecular complexity index is 605. The van der Waals surface area contributed by atoms with Gasteiger partial charge in [-0.1, -0.05) is 17.3 Å². The van der Waals surface area contributed by atoms with Crippen molar-refractivity contribution in [2.24, 2.45) is 0 Å². The minimum atomic E-state index is -0.441. The Morgan fingerprint density at radius 3 is 3.11 bits per heavy atom. The van der Waals surface area contributed by atoms with E-state index in [2.05, 4.69) is 15.5 Å². The zero-order valence-electron chi connectivity index (χ0n) is 10.1. The van der Waals surface area contributed by atoms with Crippen LogP contribution in [0.4, 0.5) is 5.69 Å². The van der Waals surface area contributed by atoms with Gasteiger partial charge in [0, 0.05) is 17.7 Å². The fourth-order valence-corrected chi connectivity index (χ4v) is 2.15. The Balaban J connectivity index is 1.89. The molecule has 1 fully saturated rings. The molecule has 7 heteroatoms. The summed E-state index contributed by atoms with van der Waals surface area (Å²) in [5.74, 6) is 0.923. The van der Waals surface area contributed by atoms with Gasteiger partial charge in [-0.15, -0.1) is 0 Å². The van der Waals surface area contributed by atoms with Crippen LogP contribution in [0.3, 0.4) is 0 Å². The summed E-state index contributed by atoms with van der Waals surface area (Å²) in [5, 5.41) is 17.9. The Morgan fingerprint density at radius 2 is 2.37 bits per heavy atom. The van der Waals surface area contributed by atoms with Gasteiger partial charge < -0.3 is 9.84 Å². The van der Waals surface area contributed by atoms with Crippen LogP contribution in [0.2, 0.25) is 0 Å². The predicted octanol–water partition coefficient (Wildman–Crippen LogP) is 2.07. The molecule has 1 N–H and O–H groups in total. The van der Waals surface area contributed by atoms with Gasteiger partial charge in [-0.2, -0.15) is 4.98 Å². The zero-order chi connectivity index (χ0) is 13.2. The average molecular weight is 260 g/mol. The predicted molar refractivity (Wildman–Crippen MR) is 66.4 cm³/mol. The molecule has 0 spiro atoms. The molecule has 3 rings (SSSR count). The molecule has 0 radical (unpaired) electrons. The number of nitrogens with one attached hydrogen (secondary N) is 1. The Hall–Kier alpha value is -2.28. The summed E-state index contributed by atoms with van der Waals surface area (Å²) in [6, 6.07) is 6.31. The van der Waals surface area contributed by atoms with Gasteiger partial charge in [0.1, 0.15) is 0 Å². The van der Waals surface area contributed by atoms with Gasteiger partial charge in [-0.3, -0.25) is 10.1 Å². The molecule has 7 nitrogen and oxygen atoms in total. The van der Waals surface area contributed by atoms with Crippen LogP contribution in [0, 0.1) is 10.1 Å². The van der Waals surface area contributed by atoms with Crippen LogP contribution in [0.15, 0.2) is 28.8 Å². The fraction of sp³-hybridized carbons (Fsp3) is 0.333. The number of hydrogen-bond acceptors (Lipinski definition) is 6. The van der Waals surface area contributed by atoms with E-state index in [1.54, 1.807) is 12.1 Å². The third-order valence-electron chi connectivity index (χ3n) is 3.12. The van der Waals surface area contributed by atoms with Crippen molar-refractivity contribution in [3.63, 3.8) is 0 Å². The van der Waals surface area contributed by atoms with E-state index in [1.807, 2.05) is 0 Å². The second-order valence-corrected chi connectivity index (χ2v) is 4.41. The maximum absolute atomic E-state index is 10.7. The summed E-state index contributed by atoms with van der Waals surface area (Å²) < 4.78 is 5.21.